The van der Waals surface area contributed by atoms with Crippen molar-refractivity contribution in [1.82, 2.24) is 0 Å². The molecule has 0 radical (unpaired) electrons. The van der Waals surface area contributed by atoms with Crippen LogP contribution in [0.3, 0.4) is 0 Å². The van der Waals surface area contributed by atoms with Crippen LogP contribution in [-0.2, 0) is 0 Å². The number of nitrogens with zero attached hydrogens (tertiary/aromatic N) is 1. The summed E-state index contributed by atoms with van der Waals surface area (Å²) in [5.41, 5.74) is 2.44. The molecular formula is C15H17N3O3S. The number of hydrogen-bond acceptors (Lipinski definition) is 4. The number of carbonyl (C=O) groups is 1. The van der Waals surface area contributed by atoms with Crippen molar-refractivity contribution in [3.8, 4) is 0 Å². The van der Waals surface area contributed by atoms with E-state index < -0.39 is 20.0 Å². The Morgan fingerprint density at radius 3 is 1.95 bits per heavy atom. The highest BCUT2D eigenvalue weighted by molar-refractivity contribution is 8.39. The molecule has 0 aliphatic rings. The minimum Gasteiger partial charge on any atom is -0.312 e. The van der Waals surface area contributed by atoms with E-state index in [2.05, 4.69) is 5.32 Å². The van der Waals surface area contributed by atoms with Gasteiger partial charge in [-0.1, -0.05) is 35.4 Å². The molecule has 2 aromatic carbocycles. The topological polar surface area (TPSA) is 98.3 Å². The molecule has 0 saturated heterocycles. The zero-order chi connectivity index (χ0) is 16.3. The van der Waals surface area contributed by atoms with Gasteiger partial charge < -0.3 is 5.32 Å². The maximum absolute atomic E-state index is 12.4. The van der Waals surface area contributed by atoms with E-state index in [0.717, 1.165) is 11.1 Å². The second-order valence-corrected chi connectivity index (χ2v) is 7.33. The molecule has 0 aliphatic carbocycles. The van der Waals surface area contributed by atoms with Crippen LogP contribution in [0.1, 0.15) is 11.1 Å². The molecule has 116 valence electrons. The average Bonchev–Trinajstić information content (AvgIpc) is 2.49. The number of hydrogen-bond donors (Lipinski definition) is 2. The highest BCUT2D eigenvalue weighted by Crippen LogP contribution is 2.50. The zero-order valence-electron chi connectivity index (χ0n) is 12.3. The molecule has 6 nitrogen and oxygen atoms in total. The molecule has 1 amide bonds. The number of rotatable bonds is 3. The van der Waals surface area contributed by atoms with Crippen molar-refractivity contribution >= 4 is 21.3 Å². The van der Waals surface area contributed by atoms with Crippen LogP contribution in [-0.4, -0.2) is 9.57 Å². The number of carbonyl (C=O) groups excluding carboxylic acids is 1. The van der Waals surface area contributed by atoms with Gasteiger partial charge in [-0.3, -0.25) is 14.9 Å². The van der Waals surface area contributed by atoms with Crippen LogP contribution in [0.4, 0.5) is 10.5 Å². The number of amides is 1. The van der Waals surface area contributed by atoms with Crippen molar-refractivity contribution in [3.05, 3.63) is 69.8 Å². The molecular weight excluding hydrogens is 302 g/mol. The summed E-state index contributed by atoms with van der Waals surface area (Å²) < 4.78 is -0.693. The molecule has 2 rings (SSSR count). The third-order valence-corrected chi connectivity index (χ3v) is 5.32. The van der Waals surface area contributed by atoms with Crippen molar-refractivity contribution in [1.29, 1.82) is 0 Å². The molecule has 0 fully saturated rings. The SMILES string of the molecule is Cc1ccc(NC(=O)S(N)(c2ccc(C)cc2)[N+](=O)[O-])cc1. The maximum atomic E-state index is 12.4. The van der Waals surface area contributed by atoms with Crippen LogP contribution in [0.25, 0.3) is 0 Å². The van der Waals surface area contributed by atoms with Gasteiger partial charge in [-0.25, -0.2) is 5.14 Å². The van der Waals surface area contributed by atoms with Gasteiger partial charge in [0.05, 0.1) is 9.22 Å². The fraction of sp³-hybridized carbons (Fsp3) is 0.133. The second-order valence-electron chi connectivity index (χ2n) is 4.94. The molecule has 7 heteroatoms. The Balaban J connectivity index is 2.34. The highest BCUT2D eigenvalue weighted by Gasteiger charge is 2.43. The summed E-state index contributed by atoms with van der Waals surface area (Å²) in [6.07, 6.45) is 0. The van der Waals surface area contributed by atoms with Crippen molar-refractivity contribution in [2.75, 3.05) is 5.32 Å². The molecule has 0 saturated carbocycles. The summed E-state index contributed by atoms with van der Waals surface area (Å²) >= 11 is 0. The fourth-order valence-corrected chi connectivity index (χ4v) is 3.19. The van der Waals surface area contributed by atoms with Gasteiger partial charge in [-0.2, -0.15) is 0 Å². The van der Waals surface area contributed by atoms with E-state index in [9.17, 15) is 14.9 Å². The van der Waals surface area contributed by atoms with Gasteiger partial charge in [-0.05, 0) is 38.1 Å². The van der Waals surface area contributed by atoms with Gasteiger partial charge in [0.15, 0.2) is 10.4 Å². The van der Waals surface area contributed by atoms with E-state index in [1.54, 1.807) is 36.4 Å². The number of benzene rings is 2. The maximum Gasteiger partial charge on any atom is 0.345 e. The Morgan fingerprint density at radius 2 is 1.50 bits per heavy atom. The van der Waals surface area contributed by atoms with Gasteiger partial charge in [0, 0.05) is 5.69 Å². The lowest BCUT2D eigenvalue weighted by Crippen LogP contribution is -2.31. The van der Waals surface area contributed by atoms with E-state index in [4.69, 9.17) is 5.14 Å². The number of nitrogens with two attached hydrogens (primary N) is 1. The minimum atomic E-state index is -3.37. The number of nitrogens with one attached hydrogen (secondary N) is 1. The third-order valence-electron chi connectivity index (χ3n) is 3.20. The van der Waals surface area contributed by atoms with Crippen LogP contribution >= 0.6 is 10.4 Å². The first-order chi connectivity index (χ1) is 10.3. The minimum absolute atomic E-state index is 0.215. The summed E-state index contributed by atoms with van der Waals surface area (Å²) in [5, 5.41) is 19.1. The van der Waals surface area contributed by atoms with Gasteiger partial charge in [-0.15, -0.1) is 0 Å². The van der Waals surface area contributed by atoms with Crippen LogP contribution in [0, 0.1) is 24.0 Å². The first-order valence-electron chi connectivity index (χ1n) is 6.54. The molecule has 0 spiro atoms. The van der Waals surface area contributed by atoms with E-state index in [1.165, 1.54) is 12.1 Å². The quantitative estimate of drug-likeness (QED) is 0.664. The molecule has 0 bridgehead atoms. The fourth-order valence-electron chi connectivity index (χ4n) is 1.84. The normalized spacial score (nSPS) is 14.7. The lowest BCUT2D eigenvalue weighted by atomic mass is 10.2. The summed E-state index contributed by atoms with van der Waals surface area (Å²) in [6.45, 7) is 3.77. The largest absolute Gasteiger partial charge is 0.345 e. The lowest BCUT2D eigenvalue weighted by Gasteiger charge is -2.24. The smallest absolute Gasteiger partial charge is 0.312 e. The predicted octanol–water partition coefficient (Wildman–Crippen LogP) is 3.76. The number of nitro groups is 1. The molecule has 0 aliphatic heterocycles. The van der Waals surface area contributed by atoms with E-state index >= 15 is 0 Å². The summed E-state index contributed by atoms with van der Waals surface area (Å²) in [7, 11) is -3.37. The zero-order valence-corrected chi connectivity index (χ0v) is 13.1. The molecule has 22 heavy (non-hydrogen) atoms. The Hall–Kier alpha value is -2.38. The van der Waals surface area contributed by atoms with Crippen molar-refractivity contribution in [2.45, 2.75) is 18.7 Å². The summed E-state index contributed by atoms with van der Waals surface area (Å²) in [4.78, 5) is 24.1. The van der Waals surface area contributed by atoms with Crippen LogP contribution in [0.5, 0.6) is 0 Å². The van der Waals surface area contributed by atoms with Crippen molar-refractivity contribution in [2.24, 2.45) is 5.14 Å². The summed E-state index contributed by atoms with van der Waals surface area (Å²) in [5.74, 6) is 0. The Kier molecular flexibility index (Phi) is 4.48. The molecule has 3 N–H and O–H groups in total. The third kappa shape index (κ3) is 3.10. The standard InChI is InChI=1S/C15H17N3O3S/c1-11-3-7-13(8-4-11)17-15(19)22(16,18(20)21)14-9-5-12(2)6-10-14/h3-10H,16H2,1-2H3,(H,17,19). The Morgan fingerprint density at radius 1 is 1.05 bits per heavy atom. The molecule has 0 aromatic heterocycles. The number of aryl methyl sites for hydroxylation is 2. The lowest BCUT2D eigenvalue weighted by molar-refractivity contribution is -0.294. The van der Waals surface area contributed by atoms with E-state index in [0.29, 0.717) is 5.69 Å². The van der Waals surface area contributed by atoms with Crippen LogP contribution in [0.15, 0.2) is 53.4 Å². The van der Waals surface area contributed by atoms with Crippen LogP contribution < -0.4 is 10.5 Å². The highest BCUT2D eigenvalue weighted by atomic mass is 32.3. The van der Waals surface area contributed by atoms with Crippen molar-refractivity contribution in [3.63, 3.8) is 0 Å². The molecule has 1 unspecified atom stereocenters. The molecule has 2 aromatic rings. The molecule has 1 atom stereocenters. The van der Waals surface area contributed by atoms with E-state index in [-0.39, 0.29) is 4.90 Å². The predicted molar refractivity (Wildman–Crippen MR) is 88.4 cm³/mol. The van der Waals surface area contributed by atoms with Gasteiger partial charge >= 0.3 is 5.24 Å². The van der Waals surface area contributed by atoms with Crippen molar-refractivity contribution < 1.29 is 9.12 Å². The Labute approximate surface area is 130 Å². The number of anilines is 1. The summed E-state index contributed by atoms with van der Waals surface area (Å²) in [6, 6.07) is 13.4. The van der Waals surface area contributed by atoms with Gasteiger partial charge in [0.1, 0.15) is 0 Å². The van der Waals surface area contributed by atoms with Crippen LogP contribution in [0.2, 0.25) is 0 Å². The van der Waals surface area contributed by atoms with E-state index in [1.807, 2.05) is 13.8 Å². The second kappa shape index (κ2) is 6.17. The Bertz CT molecular complexity index is 701. The molecule has 0 heterocycles. The first-order valence-corrected chi connectivity index (χ1v) is 8.19. The van der Waals surface area contributed by atoms with Gasteiger partial charge in [0.2, 0.25) is 0 Å². The first kappa shape index (κ1) is 16.0. The average molecular weight is 319 g/mol. The van der Waals surface area contributed by atoms with Gasteiger partial charge in [0.25, 0.3) is 0 Å². The monoisotopic (exact) mass is 319 g/mol.